The third-order valence-electron chi connectivity index (χ3n) is 3.00. The molecule has 1 heterocycles. The summed E-state index contributed by atoms with van der Waals surface area (Å²) in [5.41, 5.74) is 1.38. The van der Waals surface area contributed by atoms with Gasteiger partial charge in [-0.2, -0.15) is 0 Å². The fourth-order valence-electron chi connectivity index (χ4n) is 2.04. The van der Waals surface area contributed by atoms with Crippen molar-refractivity contribution < 1.29 is 0 Å². The Labute approximate surface area is 121 Å². The Bertz CT molecular complexity index is 466. The molecule has 1 N–H and O–H groups in total. The second kappa shape index (κ2) is 7.07. The van der Waals surface area contributed by atoms with Crippen molar-refractivity contribution >= 4 is 27.3 Å². The van der Waals surface area contributed by atoms with E-state index >= 15 is 0 Å². The van der Waals surface area contributed by atoms with E-state index in [-0.39, 0.29) is 0 Å². The van der Waals surface area contributed by atoms with E-state index in [1.54, 1.807) is 0 Å². The van der Waals surface area contributed by atoms with Crippen LogP contribution in [-0.2, 0) is 6.42 Å². The molecule has 1 aromatic heterocycles. The molecule has 1 aromatic carbocycles. The van der Waals surface area contributed by atoms with Crippen LogP contribution in [0.25, 0.3) is 0 Å². The summed E-state index contributed by atoms with van der Waals surface area (Å²) in [5.74, 6) is 0. The minimum absolute atomic E-state index is 0.467. The Kier molecular flexibility index (Phi) is 5.42. The van der Waals surface area contributed by atoms with Gasteiger partial charge in [0.1, 0.15) is 0 Å². The Morgan fingerprint density at radius 3 is 2.56 bits per heavy atom. The van der Waals surface area contributed by atoms with Gasteiger partial charge in [-0.3, -0.25) is 0 Å². The topological polar surface area (TPSA) is 12.0 Å². The second-order valence-electron chi connectivity index (χ2n) is 4.28. The molecule has 0 bridgehead atoms. The average Bonchev–Trinajstić information content (AvgIpc) is 2.81. The maximum Gasteiger partial charge on any atom is 0.0701 e. The van der Waals surface area contributed by atoms with Crippen molar-refractivity contribution in [1.29, 1.82) is 0 Å². The number of rotatable bonds is 6. The van der Waals surface area contributed by atoms with Crippen LogP contribution in [0.4, 0.5) is 0 Å². The molecule has 0 saturated heterocycles. The van der Waals surface area contributed by atoms with E-state index in [4.69, 9.17) is 0 Å². The van der Waals surface area contributed by atoms with Gasteiger partial charge >= 0.3 is 0 Å². The molecule has 1 unspecified atom stereocenters. The summed E-state index contributed by atoms with van der Waals surface area (Å²) in [7, 11) is 0. The first-order valence-corrected chi connectivity index (χ1v) is 7.93. The normalized spacial score (nSPS) is 12.6. The van der Waals surface area contributed by atoms with Crippen LogP contribution in [0.15, 0.2) is 46.3 Å². The Hall–Kier alpha value is -0.640. The van der Waals surface area contributed by atoms with Crippen LogP contribution in [0.1, 0.15) is 29.8 Å². The predicted molar refractivity (Wildman–Crippen MR) is 83.2 cm³/mol. The summed E-state index contributed by atoms with van der Waals surface area (Å²) in [6, 6.07) is 15.5. The van der Waals surface area contributed by atoms with E-state index in [0.29, 0.717) is 6.04 Å². The number of hydrogen-bond acceptors (Lipinski definition) is 2. The van der Waals surface area contributed by atoms with E-state index in [1.807, 2.05) is 11.3 Å². The summed E-state index contributed by atoms with van der Waals surface area (Å²) in [6.07, 6.45) is 2.22. The van der Waals surface area contributed by atoms with Crippen molar-refractivity contribution in [2.24, 2.45) is 0 Å². The molecule has 0 aliphatic heterocycles. The second-order valence-corrected chi connectivity index (χ2v) is 6.83. The zero-order chi connectivity index (χ0) is 12.8. The molecule has 0 fully saturated rings. The molecule has 0 saturated carbocycles. The van der Waals surface area contributed by atoms with Gasteiger partial charge in [0.15, 0.2) is 0 Å². The molecule has 2 aromatic rings. The SMILES string of the molecule is CCC(NCCc1ccc(Br)s1)c1ccccc1. The van der Waals surface area contributed by atoms with Crippen LogP contribution >= 0.6 is 27.3 Å². The molecule has 1 nitrogen and oxygen atoms in total. The third kappa shape index (κ3) is 3.94. The zero-order valence-electron chi connectivity index (χ0n) is 10.5. The lowest BCUT2D eigenvalue weighted by Crippen LogP contribution is -2.22. The number of nitrogens with one attached hydrogen (secondary N) is 1. The van der Waals surface area contributed by atoms with Gasteiger partial charge in [0.25, 0.3) is 0 Å². The first-order valence-electron chi connectivity index (χ1n) is 6.32. The largest absolute Gasteiger partial charge is 0.310 e. The molecule has 0 aliphatic carbocycles. The van der Waals surface area contributed by atoms with Crippen LogP contribution in [0, 0.1) is 0 Å². The lowest BCUT2D eigenvalue weighted by molar-refractivity contribution is 0.524. The lowest BCUT2D eigenvalue weighted by Gasteiger charge is -2.17. The predicted octanol–water partition coefficient (Wildman–Crippen LogP) is 4.79. The molecule has 0 amide bonds. The number of benzene rings is 1. The number of hydrogen-bond donors (Lipinski definition) is 1. The van der Waals surface area contributed by atoms with E-state index in [1.165, 1.54) is 14.2 Å². The van der Waals surface area contributed by atoms with Gasteiger partial charge in [-0.05, 0) is 46.5 Å². The van der Waals surface area contributed by atoms with Crippen molar-refractivity contribution in [3.63, 3.8) is 0 Å². The highest BCUT2D eigenvalue weighted by atomic mass is 79.9. The molecule has 0 spiro atoms. The summed E-state index contributed by atoms with van der Waals surface area (Å²) in [6.45, 7) is 3.26. The first-order chi connectivity index (χ1) is 8.79. The average molecular weight is 324 g/mol. The summed E-state index contributed by atoms with van der Waals surface area (Å²) >= 11 is 5.32. The van der Waals surface area contributed by atoms with Crippen molar-refractivity contribution in [3.8, 4) is 0 Å². The Morgan fingerprint density at radius 2 is 1.94 bits per heavy atom. The molecular formula is C15H18BrNS. The van der Waals surface area contributed by atoms with Gasteiger partial charge in [-0.15, -0.1) is 11.3 Å². The molecule has 3 heteroatoms. The smallest absolute Gasteiger partial charge is 0.0701 e. The Morgan fingerprint density at radius 1 is 1.17 bits per heavy atom. The summed E-state index contributed by atoms with van der Waals surface area (Å²) in [5, 5.41) is 3.63. The van der Waals surface area contributed by atoms with Crippen LogP contribution in [-0.4, -0.2) is 6.54 Å². The summed E-state index contributed by atoms with van der Waals surface area (Å²) < 4.78 is 1.22. The molecule has 0 aliphatic rings. The standard InChI is InChI=1S/C15H18BrNS/c1-2-14(12-6-4-3-5-7-12)17-11-10-13-8-9-15(16)18-13/h3-9,14,17H,2,10-11H2,1H3. The van der Waals surface area contributed by atoms with E-state index < -0.39 is 0 Å². The molecule has 96 valence electrons. The zero-order valence-corrected chi connectivity index (χ0v) is 12.9. The monoisotopic (exact) mass is 323 g/mol. The van der Waals surface area contributed by atoms with Crippen LogP contribution in [0.3, 0.4) is 0 Å². The molecule has 1 atom stereocenters. The van der Waals surface area contributed by atoms with Gasteiger partial charge in [0.05, 0.1) is 3.79 Å². The highest BCUT2D eigenvalue weighted by molar-refractivity contribution is 9.11. The van der Waals surface area contributed by atoms with Gasteiger partial charge in [-0.1, -0.05) is 37.3 Å². The van der Waals surface area contributed by atoms with Crippen molar-refractivity contribution in [1.82, 2.24) is 5.32 Å². The van der Waals surface area contributed by atoms with Crippen LogP contribution in [0.2, 0.25) is 0 Å². The van der Waals surface area contributed by atoms with Crippen molar-refractivity contribution in [3.05, 3.63) is 56.7 Å². The summed E-state index contributed by atoms with van der Waals surface area (Å²) in [4.78, 5) is 1.43. The highest BCUT2D eigenvalue weighted by Gasteiger charge is 2.07. The van der Waals surface area contributed by atoms with Crippen molar-refractivity contribution in [2.75, 3.05) is 6.54 Å². The fourth-order valence-corrected chi connectivity index (χ4v) is 3.52. The number of thiophene rings is 1. The first kappa shape index (κ1) is 13.8. The van der Waals surface area contributed by atoms with Gasteiger partial charge < -0.3 is 5.32 Å². The van der Waals surface area contributed by atoms with Crippen LogP contribution in [0.5, 0.6) is 0 Å². The molecule has 18 heavy (non-hydrogen) atoms. The Balaban J connectivity index is 1.84. The maximum absolute atomic E-state index is 3.63. The van der Waals surface area contributed by atoms with Crippen LogP contribution < -0.4 is 5.32 Å². The number of halogens is 1. The molecule has 0 radical (unpaired) electrons. The minimum Gasteiger partial charge on any atom is -0.310 e. The molecule has 2 rings (SSSR count). The minimum atomic E-state index is 0.467. The fraction of sp³-hybridized carbons (Fsp3) is 0.333. The van der Waals surface area contributed by atoms with E-state index in [0.717, 1.165) is 19.4 Å². The quantitative estimate of drug-likeness (QED) is 0.805. The maximum atomic E-state index is 3.63. The molecular weight excluding hydrogens is 306 g/mol. The van der Waals surface area contributed by atoms with E-state index in [2.05, 4.69) is 70.6 Å². The highest BCUT2D eigenvalue weighted by Crippen LogP contribution is 2.22. The third-order valence-corrected chi connectivity index (χ3v) is 4.68. The van der Waals surface area contributed by atoms with Gasteiger partial charge in [0.2, 0.25) is 0 Å². The van der Waals surface area contributed by atoms with Gasteiger partial charge in [-0.25, -0.2) is 0 Å². The van der Waals surface area contributed by atoms with E-state index in [9.17, 15) is 0 Å². The van der Waals surface area contributed by atoms with Crippen molar-refractivity contribution in [2.45, 2.75) is 25.8 Å². The van der Waals surface area contributed by atoms with Gasteiger partial charge in [0, 0.05) is 17.5 Å². The lowest BCUT2D eigenvalue weighted by atomic mass is 10.0.